The first-order chi connectivity index (χ1) is 15.6. The van der Waals surface area contributed by atoms with Gasteiger partial charge in [-0.05, 0) is 38.0 Å². The monoisotopic (exact) mass is 475 g/mol. The van der Waals surface area contributed by atoms with Crippen molar-refractivity contribution in [1.29, 1.82) is 0 Å². The molecule has 1 amide bonds. The Hall–Kier alpha value is -2.46. The Bertz CT molecular complexity index is 710. The minimum absolute atomic E-state index is 0.0572. The molecule has 0 saturated carbocycles. The molecule has 1 rings (SSSR count). The molecule has 0 bridgehead atoms. The fourth-order valence-electron chi connectivity index (χ4n) is 2.68. The molecule has 0 aliphatic heterocycles. The number of alkyl halides is 2. The van der Waals surface area contributed by atoms with Crippen LogP contribution in [0.15, 0.2) is 24.3 Å². The molecule has 0 aliphatic carbocycles. The zero-order chi connectivity index (χ0) is 24.9. The van der Waals surface area contributed by atoms with Gasteiger partial charge in [0.15, 0.2) is 6.10 Å². The van der Waals surface area contributed by atoms with Gasteiger partial charge in [-0.1, -0.05) is 19.1 Å². The normalized spacial score (nSPS) is 13.3. The fourth-order valence-corrected chi connectivity index (χ4v) is 2.68. The predicted molar refractivity (Wildman–Crippen MR) is 118 cm³/mol. The van der Waals surface area contributed by atoms with Gasteiger partial charge < -0.3 is 29.0 Å². The average Bonchev–Trinajstić information content (AvgIpc) is 2.75. The summed E-state index contributed by atoms with van der Waals surface area (Å²) in [5.41, 5.74) is 0.784. The molecule has 0 spiro atoms. The SMILES string of the molecule is CCOC(Cc1ccc(OCCN(CCOCC(C)(F)F)C(=O)OC(C)CC)cc1)C(=O)O. The van der Waals surface area contributed by atoms with Gasteiger partial charge in [0.1, 0.15) is 25.1 Å². The van der Waals surface area contributed by atoms with E-state index in [1.807, 2.05) is 6.92 Å². The van der Waals surface area contributed by atoms with Crippen molar-refractivity contribution >= 4 is 12.1 Å². The van der Waals surface area contributed by atoms with Crippen LogP contribution in [0.2, 0.25) is 0 Å². The summed E-state index contributed by atoms with van der Waals surface area (Å²) in [5.74, 6) is -3.42. The zero-order valence-corrected chi connectivity index (χ0v) is 19.7. The largest absolute Gasteiger partial charge is 0.492 e. The molecule has 0 aliphatic rings. The molecule has 1 N–H and O–H groups in total. The lowest BCUT2D eigenvalue weighted by atomic mass is 10.1. The van der Waals surface area contributed by atoms with Gasteiger partial charge in [0.2, 0.25) is 0 Å². The van der Waals surface area contributed by atoms with Gasteiger partial charge >= 0.3 is 12.1 Å². The smallest absolute Gasteiger partial charge is 0.410 e. The number of ether oxygens (including phenoxy) is 4. The first-order valence-electron chi connectivity index (χ1n) is 11.0. The van der Waals surface area contributed by atoms with Gasteiger partial charge in [0.05, 0.1) is 13.2 Å². The third-order valence-electron chi connectivity index (χ3n) is 4.61. The molecule has 0 heterocycles. The second kappa shape index (κ2) is 14.6. The van der Waals surface area contributed by atoms with E-state index in [1.165, 1.54) is 4.90 Å². The summed E-state index contributed by atoms with van der Waals surface area (Å²) < 4.78 is 47.0. The summed E-state index contributed by atoms with van der Waals surface area (Å²) in [5, 5.41) is 9.18. The van der Waals surface area contributed by atoms with E-state index >= 15 is 0 Å². The van der Waals surface area contributed by atoms with Crippen molar-refractivity contribution < 1.29 is 42.4 Å². The highest BCUT2D eigenvalue weighted by atomic mass is 19.3. The summed E-state index contributed by atoms with van der Waals surface area (Å²) in [4.78, 5) is 25.0. The van der Waals surface area contributed by atoms with Crippen LogP contribution in [-0.4, -0.2) is 79.7 Å². The Morgan fingerprint density at radius 2 is 1.76 bits per heavy atom. The van der Waals surface area contributed by atoms with Crippen LogP contribution in [0.5, 0.6) is 5.75 Å². The molecule has 188 valence electrons. The van der Waals surface area contributed by atoms with Gasteiger partial charge in [-0.3, -0.25) is 0 Å². The van der Waals surface area contributed by atoms with Crippen LogP contribution in [0, 0.1) is 0 Å². The highest BCUT2D eigenvalue weighted by molar-refractivity contribution is 5.72. The van der Waals surface area contributed by atoms with Crippen molar-refractivity contribution in [2.24, 2.45) is 0 Å². The summed E-state index contributed by atoms with van der Waals surface area (Å²) >= 11 is 0. The van der Waals surface area contributed by atoms with Gasteiger partial charge in [-0.25, -0.2) is 18.4 Å². The number of carbonyl (C=O) groups excluding carboxylic acids is 1. The third-order valence-corrected chi connectivity index (χ3v) is 4.61. The molecule has 2 atom stereocenters. The summed E-state index contributed by atoms with van der Waals surface area (Å²) in [6.45, 7) is 6.08. The van der Waals surface area contributed by atoms with E-state index in [0.717, 1.165) is 12.5 Å². The van der Waals surface area contributed by atoms with E-state index in [2.05, 4.69) is 0 Å². The number of rotatable bonds is 16. The van der Waals surface area contributed by atoms with Crippen LogP contribution in [0.3, 0.4) is 0 Å². The van der Waals surface area contributed by atoms with Crippen molar-refractivity contribution in [2.45, 2.75) is 58.7 Å². The number of hydrogen-bond acceptors (Lipinski definition) is 6. The Morgan fingerprint density at radius 3 is 2.30 bits per heavy atom. The van der Waals surface area contributed by atoms with Crippen LogP contribution >= 0.6 is 0 Å². The molecule has 0 fully saturated rings. The Morgan fingerprint density at radius 1 is 1.12 bits per heavy atom. The minimum atomic E-state index is -2.94. The average molecular weight is 476 g/mol. The maximum atomic E-state index is 12.9. The van der Waals surface area contributed by atoms with Crippen molar-refractivity contribution in [1.82, 2.24) is 4.90 Å². The van der Waals surface area contributed by atoms with Crippen LogP contribution in [0.4, 0.5) is 13.6 Å². The maximum Gasteiger partial charge on any atom is 0.410 e. The predicted octanol–water partition coefficient (Wildman–Crippen LogP) is 4.01. The van der Waals surface area contributed by atoms with E-state index in [4.69, 9.17) is 18.9 Å². The summed E-state index contributed by atoms with van der Waals surface area (Å²) in [6.07, 6.45) is -0.879. The highest BCUT2D eigenvalue weighted by Crippen LogP contribution is 2.15. The number of nitrogens with zero attached hydrogens (tertiary/aromatic N) is 1. The van der Waals surface area contributed by atoms with Crippen LogP contribution in [0.1, 0.15) is 39.7 Å². The minimum Gasteiger partial charge on any atom is -0.492 e. The van der Waals surface area contributed by atoms with Crippen LogP contribution in [-0.2, 0) is 25.4 Å². The summed E-state index contributed by atoms with van der Waals surface area (Å²) in [7, 11) is 0. The fraction of sp³-hybridized carbons (Fsp3) is 0.652. The van der Waals surface area contributed by atoms with Crippen molar-refractivity contribution in [3.05, 3.63) is 29.8 Å². The molecule has 0 radical (unpaired) electrons. The molecule has 0 saturated heterocycles. The zero-order valence-electron chi connectivity index (χ0n) is 19.7. The Labute approximate surface area is 193 Å². The number of halogens is 2. The molecule has 1 aromatic rings. The topological polar surface area (TPSA) is 94.5 Å². The first-order valence-corrected chi connectivity index (χ1v) is 11.0. The van der Waals surface area contributed by atoms with Crippen molar-refractivity contribution in [2.75, 3.05) is 39.5 Å². The summed E-state index contributed by atoms with van der Waals surface area (Å²) in [6, 6.07) is 6.90. The van der Waals surface area contributed by atoms with Gasteiger partial charge in [-0.15, -0.1) is 0 Å². The molecular formula is C23H35F2NO7. The van der Waals surface area contributed by atoms with Gasteiger partial charge in [0.25, 0.3) is 5.92 Å². The first kappa shape index (κ1) is 28.6. The number of hydrogen-bond donors (Lipinski definition) is 1. The lowest BCUT2D eigenvalue weighted by Crippen LogP contribution is -2.39. The number of carbonyl (C=O) groups is 2. The molecule has 2 unspecified atom stereocenters. The van der Waals surface area contributed by atoms with E-state index in [9.17, 15) is 23.5 Å². The van der Waals surface area contributed by atoms with Crippen molar-refractivity contribution in [3.63, 3.8) is 0 Å². The van der Waals surface area contributed by atoms with Crippen LogP contribution in [0.25, 0.3) is 0 Å². The Kier molecular flexibility index (Phi) is 12.7. The van der Waals surface area contributed by atoms with Crippen LogP contribution < -0.4 is 4.74 Å². The van der Waals surface area contributed by atoms with Crippen molar-refractivity contribution in [3.8, 4) is 5.75 Å². The molecule has 0 aromatic heterocycles. The third kappa shape index (κ3) is 12.4. The quantitative estimate of drug-likeness (QED) is 0.361. The number of carboxylic acid groups (broad SMARTS) is 1. The van der Waals surface area contributed by atoms with Gasteiger partial charge in [-0.2, -0.15) is 0 Å². The molecule has 1 aromatic carbocycles. The lowest BCUT2D eigenvalue weighted by Gasteiger charge is -2.24. The number of amides is 1. The molecular weight excluding hydrogens is 440 g/mol. The number of carboxylic acids is 1. The molecule has 33 heavy (non-hydrogen) atoms. The van der Waals surface area contributed by atoms with E-state index in [1.54, 1.807) is 38.1 Å². The maximum absolute atomic E-state index is 12.9. The second-order valence-electron chi connectivity index (χ2n) is 7.69. The lowest BCUT2D eigenvalue weighted by molar-refractivity contribution is -0.149. The Balaban J connectivity index is 2.59. The van der Waals surface area contributed by atoms with E-state index in [0.29, 0.717) is 18.8 Å². The van der Waals surface area contributed by atoms with E-state index < -0.39 is 30.7 Å². The molecule has 8 nitrogen and oxygen atoms in total. The number of benzene rings is 1. The highest BCUT2D eigenvalue weighted by Gasteiger charge is 2.22. The standard InChI is InChI=1S/C23H35F2NO7/c1-5-17(3)33-22(29)26(11-13-30-16-23(4,24)25)12-14-32-19-9-7-18(8-10-19)15-20(21(27)28)31-6-2/h7-10,17,20H,5-6,11-16H2,1-4H3,(H,27,28). The van der Waals surface area contributed by atoms with E-state index in [-0.39, 0.29) is 38.8 Å². The second-order valence-corrected chi connectivity index (χ2v) is 7.69. The molecule has 10 heteroatoms. The van der Waals surface area contributed by atoms with Gasteiger partial charge in [0, 0.05) is 26.5 Å². The number of aliphatic carboxylic acids is 1.